The van der Waals surface area contributed by atoms with Crippen LogP contribution in [0.15, 0.2) is 0 Å². The summed E-state index contributed by atoms with van der Waals surface area (Å²) < 4.78 is 5.57. The van der Waals surface area contributed by atoms with E-state index in [1.165, 1.54) is 0 Å². The molecule has 0 radical (unpaired) electrons. The predicted octanol–water partition coefficient (Wildman–Crippen LogP) is 0.539. The summed E-state index contributed by atoms with van der Waals surface area (Å²) in [5.41, 5.74) is 0. The van der Waals surface area contributed by atoms with E-state index in [0.29, 0.717) is 18.9 Å². The van der Waals surface area contributed by atoms with E-state index in [4.69, 9.17) is 4.74 Å². The van der Waals surface area contributed by atoms with E-state index in [0.717, 1.165) is 19.4 Å². The topological polar surface area (TPSA) is 58.6 Å². The van der Waals surface area contributed by atoms with Crippen molar-refractivity contribution in [2.45, 2.75) is 45.3 Å². The molecule has 2 amide bonds. The molecule has 2 fully saturated rings. The van der Waals surface area contributed by atoms with Crippen molar-refractivity contribution in [1.82, 2.24) is 10.2 Å². The molecule has 2 atom stereocenters. The summed E-state index contributed by atoms with van der Waals surface area (Å²) in [6.45, 7) is 5.59. The minimum Gasteiger partial charge on any atom is -0.376 e. The number of rotatable bonds is 4. The highest BCUT2D eigenvalue weighted by Gasteiger charge is 2.36. The molecular formula is C13H22N2O3. The summed E-state index contributed by atoms with van der Waals surface area (Å²) in [5, 5.41) is 2.67. The Morgan fingerprint density at radius 3 is 2.83 bits per heavy atom. The van der Waals surface area contributed by atoms with Gasteiger partial charge >= 0.3 is 0 Å². The largest absolute Gasteiger partial charge is 0.376 e. The fourth-order valence-electron chi connectivity index (χ4n) is 2.62. The van der Waals surface area contributed by atoms with Gasteiger partial charge in [0.15, 0.2) is 0 Å². The van der Waals surface area contributed by atoms with E-state index in [1.807, 2.05) is 0 Å². The number of amides is 2. The smallest absolute Gasteiger partial charge is 0.243 e. The highest BCUT2D eigenvalue weighted by atomic mass is 16.5. The van der Waals surface area contributed by atoms with Crippen molar-refractivity contribution in [2.24, 2.45) is 5.92 Å². The number of carbonyl (C=O) groups is 2. The first-order chi connectivity index (χ1) is 8.58. The van der Waals surface area contributed by atoms with Crippen molar-refractivity contribution < 1.29 is 14.3 Å². The van der Waals surface area contributed by atoms with Crippen LogP contribution in [0.3, 0.4) is 0 Å². The van der Waals surface area contributed by atoms with Crippen LogP contribution in [0.25, 0.3) is 0 Å². The molecule has 0 spiro atoms. The first kappa shape index (κ1) is 13.3. The standard InChI is InChI=1S/C13H22N2O3/c1-9(2)6-11-13(17)14-7-12(16)15(11)8-10-4-3-5-18-10/h9-11H,3-8H2,1-2H3,(H,14,17). The van der Waals surface area contributed by atoms with Gasteiger partial charge in [-0.2, -0.15) is 0 Å². The van der Waals surface area contributed by atoms with Gasteiger partial charge in [-0.05, 0) is 25.2 Å². The Morgan fingerprint density at radius 2 is 2.22 bits per heavy atom. The van der Waals surface area contributed by atoms with E-state index < -0.39 is 0 Å². The highest BCUT2D eigenvalue weighted by molar-refractivity contribution is 5.94. The van der Waals surface area contributed by atoms with Gasteiger partial charge in [-0.15, -0.1) is 0 Å². The minimum atomic E-state index is -0.324. The second kappa shape index (κ2) is 5.69. The number of nitrogens with zero attached hydrogens (tertiary/aromatic N) is 1. The van der Waals surface area contributed by atoms with Gasteiger partial charge in [-0.3, -0.25) is 9.59 Å². The number of piperazine rings is 1. The van der Waals surface area contributed by atoms with Gasteiger partial charge in [0, 0.05) is 13.2 Å². The molecule has 2 heterocycles. The van der Waals surface area contributed by atoms with Crippen LogP contribution < -0.4 is 5.32 Å². The van der Waals surface area contributed by atoms with Crippen LogP contribution in [0.5, 0.6) is 0 Å². The molecule has 2 unspecified atom stereocenters. The summed E-state index contributed by atoms with van der Waals surface area (Å²) in [5.74, 6) is 0.371. The van der Waals surface area contributed by atoms with E-state index >= 15 is 0 Å². The molecule has 102 valence electrons. The maximum Gasteiger partial charge on any atom is 0.243 e. The lowest BCUT2D eigenvalue weighted by atomic mass is 9.99. The maximum absolute atomic E-state index is 12.0. The molecule has 0 aliphatic carbocycles. The molecule has 18 heavy (non-hydrogen) atoms. The van der Waals surface area contributed by atoms with Crippen LogP contribution in [0, 0.1) is 5.92 Å². The summed E-state index contributed by atoms with van der Waals surface area (Å²) in [6, 6.07) is -0.324. The molecule has 0 bridgehead atoms. The lowest BCUT2D eigenvalue weighted by Crippen LogP contribution is -2.60. The van der Waals surface area contributed by atoms with Crippen LogP contribution in [0.4, 0.5) is 0 Å². The molecule has 5 heteroatoms. The first-order valence-electron chi connectivity index (χ1n) is 6.76. The molecular weight excluding hydrogens is 232 g/mol. The molecule has 1 N–H and O–H groups in total. The van der Waals surface area contributed by atoms with Crippen molar-refractivity contribution in [3.8, 4) is 0 Å². The molecule has 0 aromatic carbocycles. The number of nitrogens with one attached hydrogen (secondary N) is 1. The zero-order valence-electron chi connectivity index (χ0n) is 11.1. The lowest BCUT2D eigenvalue weighted by Gasteiger charge is -2.37. The van der Waals surface area contributed by atoms with Gasteiger partial charge in [0.2, 0.25) is 11.8 Å². The fourth-order valence-corrected chi connectivity index (χ4v) is 2.62. The third-order valence-electron chi connectivity index (χ3n) is 3.53. The average Bonchev–Trinajstić information content (AvgIpc) is 2.80. The van der Waals surface area contributed by atoms with E-state index in [-0.39, 0.29) is 30.5 Å². The van der Waals surface area contributed by atoms with Crippen molar-refractivity contribution in [1.29, 1.82) is 0 Å². The zero-order chi connectivity index (χ0) is 13.1. The predicted molar refractivity (Wildman–Crippen MR) is 66.9 cm³/mol. The molecule has 5 nitrogen and oxygen atoms in total. The molecule has 2 saturated heterocycles. The summed E-state index contributed by atoms with van der Waals surface area (Å²) >= 11 is 0. The Hall–Kier alpha value is -1.10. The Labute approximate surface area is 108 Å². The molecule has 2 aliphatic heterocycles. The lowest BCUT2D eigenvalue weighted by molar-refractivity contribution is -0.147. The number of ether oxygens (including phenoxy) is 1. The Balaban J connectivity index is 2.04. The number of hydrogen-bond acceptors (Lipinski definition) is 3. The van der Waals surface area contributed by atoms with Gasteiger partial charge < -0.3 is 15.0 Å². The molecule has 0 aromatic rings. The van der Waals surface area contributed by atoms with Gasteiger partial charge in [-0.1, -0.05) is 13.8 Å². The second-order valence-corrected chi connectivity index (χ2v) is 5.54. The van der Waals surface area contributed by atoms with Crippen LogP contribution in [-0.4, -0.2) is 48.6 Å². The Morgan fingerprint density at radius 1 is 1.44 bits per heavy atom. The van der Waals surface area contributed by atoms with E-state index in [2.05, 4.69) is 19.2 Å². The number of carbonyl (C=O) groups excluding carboxylic acids is 2. The maximum atomic E-state index is 12.0. The first-order valence-corrected chi connectivity index (χ1v) is 6.76. The van der Waals surface area contributed by atoms with E-state index in [9.17, 15) is 9.59 Å². The van der Waals surface area contributed by atoms with Crippen LogP contribution in [0.2, 0.25) is 0 Å². The molecule has 0 saturated carbocycles. The second-order valence-electron chi connectivity index (χ2n) is 5.54. The van der Waals surface area contributed by atoms with Gasteiger partial charge in [-0.25, -0.2) is 0 Å². The average molecular weight is 254 g/mol. The third-order valence-corrected chi connectivity index (χ3v) is 3.53. The molecule has 0 aromatic heterocycles. The number of hydrogen-bond donors (Lipinski definition) is 1. The van der Waals surface area contributed by atoms with Gasteiger partial charge in [0.25, 0.3) is 0 Å². The van der Waals surface area contributed by atoms with E-state index in [1.54, 1.807) is 4.90 Å². The SMILES string of the molecule is CC(C)CC1C(=O)NCC(=O)N1CC1CCCO1. The Bertz CT molecular complexity index is 324. The van der Waals surface area contributed by atoms with Crippen molar-refractivity contribution in [3.05, 3.63) is 0 Å². The normalized spacial score (nSPS) is 28.9. The monoisotopic (exact) mass is 254 g/mol. The van der Waals surface area contributed by atoms with Crippen molar-refractivity contribution in [2.75, 3.05) is 19.7 Å². The minimum absolute atomic E-state index is 0.00995. The third kappa shape index (κ3) is 3.02. The van der Waals surface area contributed by atoms with Crippen LogP contribution in [0.1, 0.15) is 33.1 Å². The quantitative estimate of drug-likeness (QED) is 0.796. The Kier molecular flexibility index (Phi) is 4.22. The van der Waals surface area contributed by atoms with Gasteiger partial charge in [0.05, 0.1) is 12.6 Å². The van der Waals surface area contributed by atoms with Crippen molar-refractivity contribution in [3.63, 3.8) is 0 Å². The van der Waals surface area contributed by atoms with Crippen LogP contribution in [-0.2, 0) is 14.3 Å². The fraction of sp³-hybridized carbons (Fsp3) is 0.846. The van der Waals surface area contributed by atoms with Crippen molar-refractivity contribution >= 4 is 11.8 Å². The van der Waals surface area contributed by atoms with Gasteiger partial charge in [0.1, 0.15) is 6.04 Å². The molecule has 2 aliphatic rings. The summed E-state index contributed by atoms with van der Waals surface area (Å²) in [4.78, 5) is 25.6. The highest BCUT2D eigenvalue weighted by Crippen LogP contribution is 2.19. The summed E-state index contributed by atoms with van der Waals surface area (Å²) in [6.07, 6.45) is 2.85. The molecule has 2 rings (SSSR count). The summed E-state index contributed by atoms with van der Waals surface area (Å²) in [7, 11) is 0. The van der Waals surface area contributed by atoms with Crippen LogP contribution >= 0.6 is 0 Å². The zero-order valence-corrected chi connectivity index (χ0v) is 11.1.